The van der Waals surface area contributed by atoms with Gasteiger partial charge in [-0.15, -0.1) is 0 Å². The Morgan fingerprint density at radius 2 is 2.04 bits per heavy atom. The first kappa shape index (κ1) is 15.4. The summed E-state index contributed by atoms with van der Waals surface area (Å²) in [7, 11) is 3.47. The van der Waals surface area contributed by atoms with E-state index in [1.165, 1.54) is 0 Å². The highest BCUT2D eigenvalue weighted by Gasteiger charge is 2.24. The summed E-state index contributed by atoms with van der Waals surface area (Å²) < 4.78 is 11.1. The van der Waals surface area contributed by atoms with Crippen LogP contribution in [0.3, 0.4) is 0 Å². The second kappa shape index (κ2) is 6.73. The lowest BCUT2D eigenvalue weighted by molar-refractivity contribution is -0.119. The largest absolute Gasteiger partial charge is 0.497 e. The third kappa shape index (κ3) is 3.47. The molecule has 2 aromatic carbocycles. The fraction of sp³-hybridized carbons (Fsp3) is 0.316. The standard InChI is InChI=1S/C19H21NO3/c1-20(16-6-4-3-5-7-16)19(21)11-14-10-15-12-17(22-2)8-9-18(15)23-13-14/h3-9,12,14H,10-11,13H2,1-2H3. The minimum Gasteiger partial charge on any atom is -0.497 e. The average molecular weight is 311 g/mol. The van der Waals surface area contributed by atoms with E-state index in [4.69, 9.17) is 9.47 Å². The Hall–Kier alpha value is -2.49. The number of para-hydroxylation sites is 1. The fourth-order valence-corrected chi connectivity index (χ4v) is 2.87. The summed E-state index contributed by atoms with van der Waals surface area (Å²) in [4.78, 5) is 14.2. The van der Waals surface area contributed by atoms with Crippen LogP contribution in [0.5, 0.6) is 11.5 Å². The van der Waals surface area contributed by atoms with E-state index in [1.807, 2.05) is 55.6 Å². The molecule has 0 aliphatic carbocycles. The molecule has 0 radical (unpaired) electrons. The molecule has 2 aromatic rings. The number of anilines is 1. The highest BCUT2D eigenvalue weighted by Crippen LogP contribution is 2.32. The van der Waals surface area contributed by atoms with Crippen molar-refractivity contribution < 1.29 is 14.3 Å². The molecule has 0 aromatic heterocycles. The third-order valence-electron chi connectivity index (χ3n) is 4.23. The molecule has 1 aliphatic heterocycles. The predicted molar refractivity (Wildman–Crippen MR) is 90.2 cm³/mol. The monoisotopic (exact) mass is 311 g/mol. The van der Waals surface area contributed by atoms with Crippen LogP contribution < -0.4 is 14.4 Å². The number of hydrogen-bond donors (Lipinski definition) is 0. The Kier molecular flexibility index (Phi) is 4.51. The number of ether oxygens (including phenoxy) is 2. The van der Waals surface area contributed by atoms with Crippen molar-refractivity contribution in [3.63, 3.8) is 0 Å². The minimum atomic E-state index is 0.108. The number of benzene rings is 2. The fourth-order valence-electron chi connectivity index (χ4n) is 2.87. The van der Waals surface area contributed by atoms with Crippen molar-refractivity contribution in [2.75, 3.05) is 25.7 Å². The lowest BCUT2D eigenvalue weighted by Crippen LogP contribution is -2.31. The molecule has 0 spiro atoms. The number of carbonyl (C=O) groups is 1. The van der Waals surface area contributed by atoms with Gasteiger partial charge in [0.2, 0.25) is 5.91 Å². The predicted octanol–water partition coefficient (Wildman–Crippen LogP) is 3.30. The molecular formula is C19H21NO3. The molecule has 4 nitrogen and oxygen atoms in total. The molecule has 1 heterocycles. The van der Waals surface area contributed by atoms with Crippen LogP contribution >= 0.6 is 0 Å². The van der Waals surface area contributed by atoms with Crippen molar-refractivity contribution in [1.82, 2.24) is 0 Å². The number of methoxy groups -OCH3 is 1. The van der Waals surface area contributed by atoms with Gasteiger partial charge in [0.25, 0.3) is 0 Å². The van der Waals surface area contributed by atoms with Crippen molar-refractivity contribution in [2.45, 2.75) is 12.8 Å². The maximum atomic E-state index is 12.5. The van der Waals surface area contributed by atoms with Crippen LogP contribution in [-0.2, 0) is 11.2 Å². The van der Waals surface area contributed by atoms with Crippen LogP contribution in [-0.4, -0.2) is 26.7 Å². The van der Waals surface area contributed by atoms with E-state index in [0.29, 0.717) is 13.0 Å². The number of carbonyl (C=O) groups excluding carboxylic acids is 1. The normalized spacial score (nSPS) is 16.2. The molecule has 1 amide bonds. The van der Waals surface area contributed by atoms with Crippen LogP contribution in [0, 0.1) is 5.92 Å². The maximum Gasteiger partial charge on any atom is 0.227 e. The molecule has 1 aliphatic rings. The van der Waals surface area contributed by atoms with E-state index >= 15 is 0 Å². The Bertz CT molecular complexity index is 684. The molecule has 0 bridgehead atoms. The highest BCUT2D eigenvalue weighted by atomic mass is 16.5. The second-order valence-electron chi connectivity index (χ2n) is 5.85. The van der Waals surface area contributed by atoms with E-state index in [-0.39, 0.29) is 11.8 Å². The van der Waals surface area contributed by atoms with Crippen LogP contribution in [0.1, 0.15) is 12.0 Å². The van der Waals surface area contributed by atoms with Crippen LogP contribution in [0.25, 0.3) is 0 Å². The van der Waals surface area contributed by atoms with Crippen molar-refractivity contribution in [1.29, 1.82) is 0 Å². The first-order valence-electron chi connectivity index (χ1n) is 7.78. The molecule has 120 valence electrons. The Morgan fingerprint density at radius 1 is 1.26 bits per heavy atom. The SMILES string of the molecule is COc1ccc2c(c1)CC(CC(=O)N(C)c1ccccc1)CO2. The van der Waals surface area contributed by atoms with Gasteiger partial charge in [0.05, 0.1) is 13.7 Å². The first-order valence-corrected chi connectivity index (χ1v) is 7.78. The molecule has 0 N–H and O–H groups in total. The third-order valence-corrected chi connectivity index (χ3v) is 4.23. The molecule has 4 heteroatoms. The quantitative estimate of drug-likeness (QED) is 0.869. The second-order valence-corrected chi connectivity index (χ2v) is 5.85. The number of nitrogens with zero attached hydrogens (tertiary/aromatic N) is 1. The summed E-state index contributed by atoms with van der Waals surface area (Å²) in [5.74, 6) is 2.01. The van der Waals surface area contributed by atoms with E-state index < -0.39 is 0 Å². The van der Waals surface area contributed by atoms with Crippen LogP contribution in [0.4, 0.5) is 5.69 Å². The minimum absolute atomic E-state index is 0.108. The van der Waals surface area contributed by atoms with Gasteiger partial charge in [-0.25, -0.2) is 0 Å². The summed E-state index contributed by atoms with van der Waals surface area (Å²) >= 11 is 0. The molecule has 0 saturated carbocycles. The van der Waals surface area contributed by atoms with E-state index in [1.54, 1.807) is 12.0 Å². The van der Waals surface area contributed by atoms with Gasteiger partial charge in [-0.2, -0.15) is 0 Å². The topological polar surface area (TPSA) is 38.8 Å². The van der Waals surface area contributed by atoms with Crippen molar-refractivity contribution in [3.05, 3.63) is 54.1 Å². The number of amides is 1. The Morgan fingerprint density at radius 3 is 2.78 bits per heavy atom. The smallest absolute Gasteiger partial charge is 0.227 e. The van der Waals surface area contributed by atoms with Crippen molar-refractivity contribution >= 4 is 11.6 Å². The van der Waals surface area contributed by atoms with Gasteiger partial charge in [-0.1, -0.05) is 18.2 Å². The molecule has 0 fully saturated rings. The molecular weight excluding hydrogens is 290 g/mol. The maximum absolute atomic E-state index is 12.5. The summed E-state index contributed by atoms with van der Waals surface area (Å²) in [6.45, 7) is 0.577. The average Bonchev–Trinajstić information content (AvgIpc) is 2.61. The van der Waals surface area contributed by atoms with Crippen LogP contribution in [0.2, 0.25) is 0 Å². The van der Waals surface area contributed by atoms with Gasteiger partial charge < -0.3 is 14.4 Å². The highest BCUT2D eigenvalue weighted by molar-refractivity contribution is 5.92. The lowest BCUT2D eigenvalue weighted by atomic mass is 9.93. The lowest BCUT2D eigenvalue weighted by Gasteiger charge is -2.27. The molecule has 1 unspecified atom stereocenters. The number of hydrogen-bond acceptors (Lipinski definition) is 3. The molecule has 23 heavy (non-hydrogen) atoms. The number of rotatable bonds is 4. The Labute approximate surface area is 136 Å². The van der Waals surface area contributed by atoms with Gasteiger partial charge in [0.15, 0.2) is 0 Å². The van der Waals surface area contributed by atoms with Gasteiger partial charge in [-0.3, -0.25) is 4.79 Å². The zero-order chi connectivity index (χ0) is 16.2. The summed E-state index contributed by atoms with van der Waals surface area (Å²) in [5.41, 5.74) is 2.02. The van der Waals surface area contributed by atoms with E-state index in [0.717, 1.165) is 29.2 Å². The molecule has 1 atom stereocenters. The van der Waals surface area contributed by atoms with Crippen LogP contribution in [0.15, 0.2) is 48.5 Å². The zero-order valence-electron chi connectivity index (χ0n) is 13.5. The van der Waals surface area contributed by atoms with Gasteiger partial charge in [0, 0.05) is 25.1 Å². The molecule has 3 rings (SSSR count). The van der Waals surface area contributed by atoms with Gasteiger partial charge in [-0.05, 0) is 42.3 Å². The van der Waals surface area contributed by atoms with E-state index in [2.05, 4.69) is 0 Å². The van der Waals surface area contributed by atoms with Gasteiger partial charge in [0.1, 0.15) is 11.5 Å². The first-order chi connectivity index (χ1) is 11.2. The molecule has 0 saturated heterocycles. The summed E-state index contributed by atoms with van der Waals surface area (Å²) in [5, 5.41) is 0. The van der Waals surface area contributed by atoms with E-state index in [9.17, 15) is 4.79 Å². The zero-order valence-corrected chi connectivity index (χ0v) is 13.5. The summed E-state index contributed by atoms with van der Waals surface area (Å²) in [6.07, 6.45) is 1.31. The van der Waals surface area contributed by atoms with Crippen molar-refractivity contribution in [2.24, 2.45) is 5.92 Å². The van der Waals surface area contributed by atoms with Crippen molar-refractivity contribution in [3.8, 4) is 11.5 Å². The summed E-state index contributed by atoms with van der Waals surface area (Å²) in [6, 6.07) is 15.5. The Balaban J connectivity index is 1.66. The van der Waals surface area contributed by atoms with Gasteiger partial charge >= 0.3 is 0 Å². The number of fused-ring (bicyclic) bond motifs is 1.